The van der Waals surface area contributed by atoms with Crippen molar-refractivity contribution in [3.8, 4) is 0 Å². The third-order valence-corrected chi connectivity index (χ3v) is 6.88. The second-order valence-corrected chi connectivity index (χ2v) is 9.26. The van der Waals surface area contributed by atoms with Crippen LogP contribution in [-0.2, 0) is 4.79 Å². The van der Waals surface area contributed by atoms with Gasteiger partial charge in [-0.1, -0.05) is 38.1 Å². The minimum atomic E-state index is -0.892. The van der Waals surface area contributed by atoms with Gasteiger partial charge in [-0.05, 0) is 37.1 Å². The molecular weight excluding hydrogens is 428 g/mol. The van der Waals surface area contributed by atoms with E-state index in [1.807, 2.05) is 74.2 Å². The van der Waals surface area contributed by atoms with E-state index in [0.717, 1.165) is 16.7 Å². The van der Waals surface area contributed by atoms with Gasteiger partial charge < -0.3 is 15.1 Å². The van der Waals surface area contributed by atoms with Crippen molar-refractivity contribution in [3.05, 3.63) is 66.0 Å². The van der Waals surface area contributed by atoms with E-state index >= 15 is 0 Å². The highest BCUT2D eigenvalue weighted by Crippen LogP contribution is 2.28. The fourth-order valence-corrected chi connectivity index (χ4v) is 4.36. The average molecular weight is 457 g/mol. The molecule has 1 aromatic carbocycles. The Morgan fingerprint density at radius 3 is 2.47 bits per heavy atom. The summed E-state index contributed by atoms with van der Waals surface area (Å²) in [4.78, 5) is 44.5. The summed E-state index contributed by atoms with van der Waals surface area (Å²) < 4.78 is 0. The molecule has 0 unspecified atom stereocenters. The molecule has 174 valence electrons. The standard InChI is InChI=1S/C26H28N6O2/c1-17(2)26(3)25(34)29-23(30-26)22-19(16-18-8-4-5-9-20(18)28-22)24(33)32-14-12-31(13-15-32)21-10-6-7-11-27-21/h4-11,16-17H,12-15H2,1-3H3,(H,29,30,34)/t26-/m1/s1. The number of pyridine rings is 2. The maximum absolute atomic E-state index is 13.7. The number of fused-ring (bicyclic) bond motifs is 1. The van der Waals surface area contributed by atoms with Crippen LogP contribution in [0.15, 0.2) is 59.7 Å². The molecule has 1 saturated heterocycles. The lowest BCUT2D eigenvalue weighted by Crippen LogP contribution is -2.49. The van der Waals surface area contributed by atoms with Gasteiger partial charge in [-0.3, -0.25) is 9.59 Å². The number of nitrogens with zero attached hydrogens (tertiary/aromatic N) is 5. The lowest BCUT2D eigenvalue weighted by molar-refractivity contribution is -0.124. The molecule has 3 aromatic rings. The average Bonchev–Trinajstić information content (AvgIpc) is 3.19. The number of benzene rings is 1. The third kappa shape index (κ3) is 3.79. The maximum atomic E-state index is 13.7. The molecule has 8 nitrogen and oxygen atoms in total. The summed E-state index contributed by atoms with van der Waals surface area (Å²) in [7, 11) is 0. The van der Waals surface area contributed by atoms with Crippen LogP contribution in [0.1, 0.15) is 36.8 Å². The summed E-state index contributed by atoms with van der Waals surface area (Å²) in [6.45, 7) is 8.29. The summed E-state index contributed by atoms with van der Waals surface area (Å²) in [6, 6.07) is 15.4. The minimum Gasteiger partial charge on any atom is -0.353 e. The highest BCUT2D eigenvalue weighted by molar-refractivity contribution is 6.19. The van der Waals surface area contributed by atoms with Gasteiger partial charge in [0.15, 0.2) is 5.84 Å². The highest BCUT2D eigenvalue weighted by Gasteiger charge is 2.43. The van der Waals surface area contributed by atoms with Crippen molar-refractivity contribution in [2.45, 2.75) is 26.3 Å². The zero-order valence-electron chi connectivity index (χ0n) is 19.7. The molecule has 0 saturated carbocycles. The number of hydrogen-bond acceptors (Lipinski definition) is 6. The number of amides is 2. The van der Waals surface area contributed by atoms with Gasteiger partial charge in [-0.25, -0.2) is 15.0 Å². The molecule has 0 spiro atoms. The van der Waals surface area contributed by atoms with Crippen LogP contribution in [0.25, 0.3) is 10.9 Å². The van der Waals surface area contributed by atoms with E-state index in [1.54, 1.807) is 6.20 Å². The molecule has 5 rings (SSSR count). The first-order chi connectivity index (χ1) is 16.4. The fourth-order valence-electron chi connectivity index (χ4n) is 4.36. The Bertz CT molecular complexity index is 1280. The Morgan fingerprint density at radius 1 is 1.06 bits per heavy atom. The molecule has 34 heavy (non-hydrogen) atoms. The number of rotatable bonds is 4. The van der Waals surface area contributed by atoms with E-state index in [4.69, 9.17) is 9.98 Å². The molecule has 2 aliphatic heterocycles. The number of nitrogens with one attached hydrogen (secondary N) is 1. The van der Waals surface area contributed by atoms with Crippen molar-refractivity contribution in [2.75, 3.05) is 31.1 Å². The van der Waals surface area contributed by atoms with Crippen molar-refractivity contribution in [2.24, 2.45) is 10.9 Å². The van der Waals surface area contributed by atoms with Crippen molar-refractivity contribution in [1.82, 2.24) is 20.2 Å². The lowest BCUT2D eigenvalue weighted by atomic mass is 9.89. The first-order valence-corrected chi connectivity index (χ1v) is 11.6. The summed E-state index contributed by atoms with van der Waals surface area (Å²) in [5.41, 5.74) is 0.742. The molecular formula is C26H28N6O2. The Labute approximate surface area is 198 Å². The number of hydrogen-bond donors (Lipinski definition) is 1. The molecule has 0 radical (unpaired) electrons. The van der Waals surface area contributed by atoms with Crippen LogP contribution in [0, 0.1) is 5.92 Å². The van der Waals surface area contributed by atoms with Gasteiger partial charge in [-0.2, -0.15) is 0 Å². The van der Waals surface area contributed by atoms with E-state index in [9.17, 15) is 9.59 Å². The monoisotopic (exact) mass is 456 g/mol. The van der Waals surface area contributed by atoms with Crippen LogP contribution < -0.4 is 10.2 Å². The number of piperazine rings is 1. The molecule has 1 fully saturated rings. The number of carbonyl (C=O) groups excluding carboxylic acids is 2. The molecule has 1 atom stereocenters. The van der Waals surface area contributed by atoms with Crippen molar-refractivity contribution in [1.29, 1.82) is 0 Å². The first kappa shape index (κ1) is 22.0. The van der Waals surface area contributed by atoms with E-state index in [-0.39, 0.29) is 17.7 Å². The number of amidine groups is 1. The number of para-hydroxylation sites is 1. The molecule has 0 bridgehead atoms. The Balaban J connectivity index is 1.48. The number of aliphatic imine (C=N–C) groups is 1. The number of carbonyl (C=O) groups is 2. The Hall–Kier alpha value is -3.81. The van der Waals surface area contributed by atoms with Gasteiger partial charge in [-0.15, -0.1) is 0 Å². The largest absolute Gasteiger partial charge is 0.353 e. The van der Waals surface area contributed by atoms with Gasteiger partial charge >= 0.3 is 0 Å². The summed E-state index contributed by atoms with van der Waals surface area (Å²) in [6.07, 6.45) is 1.78. The highest BCUT2D eigenvalue weighted by atomic mass is 16.2. The number of aromatic nitrogens is 2. The van der Waals surface area contributed by atoms with Gasteiger partial charge in [0, 0.05) is 37.8 Å². The summed E-state index contributed by atoms with van der Waals surface area (Å²) in [5, 5.41) is 3.77. The van der Waals surface area contributed by atoms with E-state index < -0.39 is 5.54 Å². The molecule has 8 heteroatoms. The van der Waals surface area contributed by atoms with Crippen LogP contribution in [0.4, 0.5) is 5.82 Å². The van der Waals surface area contributed by atoms with Crippen LogP contribution >= 0.6 is 0 Å². The van der Waals surface area contributed by atoms with Crippen molar-refractivity contribution in [3.63, 3.8) is 0 Å². The molecule has 2 aliphatic rings. The smallest absolute Gasteiger partial charge is 0.256 e. The Kier molecular flexibility index (Phi) is 5.51. The van der Waals surface area contributed by atoms with E-state index in [0.29, 0.717) is 43.3 Å². The van der Waals surface area contributed by atoms with Gasteiger partial charge in [0.05, 0.1) is 11.1 Å². The fraction of sp³-hybridized carbons (Fsp3) is 0.346. The minimum absolute atomic E-state index is 0.00396. The van der Waals surface area contributed by atoms with E-state index in [1.165, 1.54) is 0 Å². The van der Waals surface area contributed by atoms with Crippen LogP contribution in [0.2, 0.25) is 0 Å². The second-order valence-electron chi connectivity index (χ2n) is 9.26. The van der Waals surface area contributed by atoms with E-state index in [2.05, 4.69) is 15.2 Å². The molecule has 0 aliphatic carbocycles. The van der Waals surface area contributed by atoms with Gasteiger partial charge in [0.2, 0.25) is 0 Å². The molecule has 2 aromatic heterocycles. The van der Waals surface area contributed by atoms with Gasteiger partial charge in [0.1, 0.15) is 17.1 Å². The summed E-state index contributed by atoms with van der Waals surface area (Å²) >= 11 is 0. The topological polar surface area (TPSA) is 90.8 Å². The SMILES string of the molecule is CC(C)[C@@]1(C)N=C(c2nc3ccccc3cc2C(=O)N2CCN(c3ccccn3)CC2)NC1=O. The normalized spacial score (nSPS) is 20.6. The molecule has 2 amide bonds. The van der Waals surface area contributed by atoms with Crippen molar-refractivity contribution >= 4 is 34.4 Å². The quantitative estimate of drug-likeness (QED) is 0.652. The first-order valence-electron chi connectivity index (χ1n) is 11.6. The number of anilines is 1. The molecule has 1 N–H and O–H groups in total. The zero-order chi connectivity index (χ0) is 23.9. The maximum Gasteiger partial charge on any atom is 0.256 e. The van der Waals surface area contributed by atoms with Gasteiger partial charge in [0.25, 0.3) is 11.8 Å². The van der Waals surface area contributed by atoms with Crippen LogP contribution in [-0.4, -0.2) is 64.2 Å². The second kappa shape index (κ2) is 8.52. The lowest BCUT2D eigenvalue weighted by Gasteiger charge is -2.35. The molecule has 4 heterocycles. The summed E-state index contributed by atoms with van der Waals surface area (Å²) in [5.74, 6) is 1.00. The van der Waals surface area contributed by atoms with Crippen LogP contribution in [0.3, 0.4) is 0 Å². The van der Waals surface area contributed by atoms with Crippen molar-refractivity contribution < 1.29 is 9.59 Å². The van der Waals surface area contributed by atoms with Crippen LogP contribution in [0.5, 0.6) is 0 Å². The zero-order valence-corrected chi connectivity index (χ0v) is 19.7. The third-order valence-electron chi connectivity index (χ3n) is 6.88. The Morgan fingerprint density at radius 2 is 1.79 bits per heavy atom. The predicted octanol–water partition coefficient (Wildman–Crippen LogP) is 2.88. The predicted molar refractivity (Wildman–Crippen MR) is 132 cm³/mol.